The first-order valence-electron chi connectivity index (χ1n) is 5.39. The van der Waals surface area contributed by atoms with E-state index in [4.69, 9.17) is 23.2 Å². The number of benzene rings is 2. The predicted molar refractivity (Wildman–Crippen MR) is 78.6 cm³/mol. The highest BCUT2D eigenvalue weighted by molar-refractivity contribution is 9.10. The van der Waals surface area contributed by atoms with Crippen molar-refractivity contribution in [3.63, 3.8) is 0 Å². The fourth-order valence-electron chi connectivity index (χ4n) is 1.64. The van der Waals surface area contributed by atoms with Crippen molar-refractivity contribution < 1.29 is 9.18 Å². The van der Waals surface area contributed by atoms with Gasteiger partial charge in [-0.3, -0.25) is 4.79 Å². The average Bonchev–Trinajstić information content (AvgIpc) is 2.35. The summed E-state index contributed by atoms with van der Waals surface area (Å²) in [6, 6.07) is 9.02. The first kappa shape index (κ1) is 14.5. The van der Waals surface area contributed by atoms with Crippen LogP contribution >= 0.6 is 39.1 Å². The maximum Gasteiger partial charge on any atom is 0.168 e. The molecule has 0 aliphatic rings. The normalized spacial score (nSPS) is 10.5. The Morgan fingerprint density at radius 3 is 2.53 bits per heavy atom. The van der Waals surface area contributed by atoms with Crippen molar-refractivity contribution in [3.8, 4) is 0 Å². The van der Waals surface area contributed by atoms with E-state index in [1.165, 1.54) is 18.2 Å². The number of hydrogen-bond donors (Lipinski definition) is 0. The highest BCUT2D eigenvalue weighted by Gasteiger charge is 2.13. The van der Waals surface area contributed by atoms with Crippen LogP contribution in [0, 0.1) is 5.82 Å². The summed E-state index contributed by atoms with van der Waals surface area (Å²) in [5.41, 5.74) is 0.987. The van der Waals surface area contributed by atoms with Crippen LogP contribution in [0.1, 0.15) is 15.9 Å². The van der Waals surface area contributed by atoms with E-state index >= 15 is 0 Å². The van der Waals surface area contributed by atoms with E-state index < -0.39 is 5.82 Å². The number of halogens is 4. The van der Waals surface area contributed by atoms with Crippen LogP contribution in [-0.2, 0) is 6.42 Å². The molecule has 19 heavy (non-hydrogen) atoms. The van der Waals surface area contributed by atoms with E-state index in [2.05, 4.69) is 15.9 Å². The fraction of sp³-hybridized carbons (Fsp3) is 0.0714. The molecule has 0 N–H and O–H groups in total. The molecule has 0 saturated carbocycles. The quantitative estimate of drug-likeness (QED) is 0.676. The van der Waals surface area contributed by atoms with Crippen molar-refractivity contribution in [2.45, 2.75) is 6.42 Å². The van der Waals surface area contributed by atoms with Gasteiger partial charge in [-0.2, -0.15) is 0 Å². The molecule has 0 amide bonds. The fourth-order valence-corrected chi connectivity index (χ4v) is 2.46. The number of hydrogen-bond acceptors (Lipinski definition) is 1. The molecule has 5 heteroatoms. The molecule has 2 aromatic carbocycles. The third kappa shape index (κ3) is 3.56. The van der Waals surface area contributed by atoms with Crippen LogP contribution in [0.2, 0.25) is 10.0 Å². The molecule has 0 spiro atoms. The smallest absolute Gasteiger partial charge is 0.168 e. The molecular weight excluding hydrogens is 354 g/mol. The van der Waals surface area contributed by atoms with E-state index in [-0.39, 0.29) is 17.2 Å². The summed E-state index contributed by atoms with van der Waals surface area (Å²) in [4.78, 5) is 12.2. The summed E-state index contributed by atoms with van der Waals surface area (Å²) >= 11 is 15.2. The highest BCUT2D eigenvalue weighted by Crippen LogP contribution is 2.24. The number of ketones is 1. The van der Waals surface area contributed by atoms with E-state index in [9.17, 15) is 9.18 Å². The zero-order valence-electron chi connectivity index (χ0n) is 9.59. The maximum atomic E-state index is 12.9. The molecule has 98 valence electrons. The zero-order chi connectivity index (χ0) is 14.0. The predicted octanol–water partition coefficient (Wildman–Crippen LogP) is 5.32. The van der Waals surface area contributed by atoms with Gasteiger partial charge in [-0.25, -0.2) is 4.39 Å². The van der Waals surface area contributed by atoms with Crippen molar-refractivity contribution in [1.29, 1.82) is 0 Å². The van der Waals surface area contributed by atoms with Crippen LogP contribution in [0.3, 0.4) is 0 Å². The van der Waals surface area contributed by atoms with Crippen molar-refractivity contribution in [3.05, 3.63) is 67.9 Å². The monoisotopic (exact) mass is 360 g/mol. The van der Waals surface area contributed by atoms with Gasteiger partial charge in [0.1, 0.15) is 5.82 Å². The van der Waals surface area contributed by atoms with Gasteiger partial charge in [-0.1, -0.05) is 45.2 Å². The molecule has 2 aromatic rings. The maximum absolute atomic E-state index is 12.9. The Labute approximate surface area is 128 Å². The van der Waals surface area contributed by atoms with Crippen molar-refractivity contribution >= 4 is 44.9 Å². The molecule has 0 heterocycles. The van der Waals surface area contributed by atoms with Crippen LogP contribution in [0.25, 0.3) is 0 Å². The second-order valence-corrected chi connectivity index (χ2v) is 5.69. The molecule has 0 aromatic heterocycles. The van der Waals surface area contributed by atoms with E-state index in [1.807, 2.05) is 0 Å². The summed E-state index contributed by atoms with van der Waals surface area (Å²) in [5, 5.41) is 0.617. The lowest BCUT2D eigenvalue weighted by molar-refractivity contribution is 0.0993. The van der Waals surface area contributed by atoms with Crippen molar-refractivity contribution in [2.75, 3.05) is 0 Å². The molecular formula is C14H8BrCl2FO. The topological polar surface area (TPSA) is 17.1 Å². The molecule has 1 nitrogen and oxygen atoms in total. The van der Waals surface area contributed by atoms with Crippen molar-refractivity contribution in [2.24, 2.45) is 0 Å². The molecule has 0 aliphatic heterocycles. The van der Waals surface area contributed by atoms with Gasteiger partial charge in [0.2, 0.25) is 0 Å². The summed E-state index contributed by atoms with van der Waals surface area (Å²) in [7, 11) is 0. The Morgan fingerprint density at radius 1 is 1.11 bits per heavy atom. The second kappa shape index (κ2) is 6.04. The van der Waals surface area contributed by atoms with Gasteiger partial charge in [-0.15, -0.1) is 0 Å². The van der Waals surface area contributed by atoms with Crippen LogP contribution < -0.4 is 0 Å². The Bertz CT molecular complexity index is 643. The highest BCUT2D eigenvalue weighted by atomic mass is 79.9. The lowest BCUT2D eigenvalue weighted by atomic mass is 10.0. The first-order valence-corrected chi connectivity index (χ1v) is 6.94. The second-order valence-electron chi connectivity index (χ2n) is 3.96. The van der Waals surface area contributed by atoms with Gasteiger partial charge in [0.25, 0.3) is 0 Å². The van der Waals surface area contributed by atoms with Crippen molar-refractivity contribution in [1.82, 2.24) is 0 Å². The van der Waals surface area contributed by atoms with Crippen LogP contribution in [0.15, 0.2) is 40.9 Å². The molecule has 0 fully saturated rings. The standard InChI is InChI=1S/C14H8BrCl2FO/c15-9-2-4-12(16)11(6-9)14(19)5-8-1-3-10(18)7-13(8)17/h1-4,6-7H,5H2. The van der Waals surface area contributed by atoms with Gasteiger partial charge in [0, 0.05) is 21.5 Å². The van der Waals surface area contributed by atoms with Gasteiger partial charge in [0.05, 0.1) is 5.02 Å². The summed E-state index contributed by atoms with van der Waals surface area (Å²) in [6.07, 6.45) is 0.0787. The SMILES string of the molecule is O=C(Cc1ccc(F)cc1Cl)c1cc(Br)ccc1Cl. The Hall–Kier alpha value is -0.900. The van der Waals surface area contributed by atoms with Gasteiger partial charge >= 0.3 is 0 Å². The molecule has 0 saturated heterocycles. The number of carbonyl (C=O) groups excluding carboxylic acids is 1. The zero-order valence-corrected chi connectivity index (χ0v) is 12.7. The minimum atomic E-state index is -0.429. The summed E-state index contributed by atoms with van der Waals surface area (Å²) < 4.78 is 13.7. The first-order chi connectivity index (χ1) is 8.97. The molecule has 0 radical (unpaired) electrons. The number of rotatable bonds is 3. The molecule has 0 unspecified atom stereocenters. The van der Waals surface area contributed by atoms with E-state index in [1.54, 1.807) is 18.2 Å². The molecule has 2 rings (SSSR count). The largest absolute Gasteiger partial charge is 0.294 e. The van der Waals surface area contributed by atoms with Crippen LogP contribution in [0.4, 0.5) is 4.39 Å². The minimum absolute atomic E-state index is 0.0787. The number of Topliss-reactive ketones (excluding diaryl/α,β-unsaturated/α-hetero) is 1. The summed E-state index contributed by atoms with van der Waals surface area (Å²) in [6.45, 7) is 0. The lowest BCUT2D eigenvalue weighted by Gasteiger charge is -2.06. The molecule has 0 aliphatic carbocycles. The lowest BCUT2D eigenvalue weighted by Crippen LogP contribution is -2.05. The average molecular weight is 362 g/mol. The van der Waals surface area contributed by atoms with Crippen LogP contribution in [-0.4, -0.2) is 5.78 Å². The van der Waals surface area contributed by atoms with E-state index in [0.717, 1.165) is 4.47 Å². The Morgan fingerprint density at radius 2 is 1.84 bits per heavy atom. The summed E-state index contributed by atoms with van der Waals surface area (Å²) in [5.74, 6) is -0.596. The van der Waals surface area contributed by atoms with Gasteiger partial charge < -0.3 is 0 Å². The van der Waals surface area contributed by atoms with Crippen LogP contribution in [0.5, 0.6) is 0 Å². The Balaban J connectivity index is 2.28. The van der Waals surface area contributed by atoms with Gasteiger partial charge in [0.15, 0.2) is 5.78 Å². The molecule has 0 atom stereocenters. The van der Waals surface area contributed by atoms with Gasteiger partial charge in [-0.05, 0) is 35.9 Å². The third-order valence-electron chi connectivity index (χ3n) is 2.59. The third-order valence-corrected chi connectivity index (χ3v) is 3.77. The van der Waals surface area contributed by atoms with E-state index in [0.29, 0.717) is 16.1 Å². The number of carbonyl (C=O) groups is 1. The Kier molecular flexibility index (Phi) is 4.61. The minimum Gasteiger partial charge on any atom is -0.294 e. The molecule has 0 bridgehead atoms.